The second kappa shape index (κ2) is 4.42. The summed E-state index contributed by atoms with van der Waals surface area (Å²) in [5.41, 5.74) is 10.5. The minimum Gasteiger partial charge on any atom is -0.369 e. The minimum absolute atomic E-state index is 0.574. The Balaban J connectivity index is 1.91. The fourth-order valence-corrected chi connectivity index (χ4v) is 2.33. The highest BCUT2D eigenvalue weighted by atomic mass is 15.2. The Morgan fingerprint density at radius 2 is 2.16 bits per heavy atom. The van der Waals surface area contributed by atoms with Crippen LogP contribution in [0.2, 0.25) is 0 Å². The summed E-state index contributed by atoms with van der Waals surface area (Å²) in [5.74, 6) is 0.574. The van der Waals surface area contributed by atoms with E-state index in [4.69, 9.17) is 5.73 Å². The fraction of sp³-hybridized carbons (Fsp3) is 0.286. The molecule has 0 unspecified atom stereocenters. The number of nitrogens with two attached hydrogens (primary N) is 1. The van der Waals surface area contributed by atoms with Crippen molar-refractivity contribution < 1.29 is 0 Å². The number of nitrogens with zero attached hydrogens (tertiary/aromatic N) is 4. The van der Waals surface area contributed by atoms with Gasteiger partial charge in [-0.2, -0.15) is 5.10 Å². The molecule has 5 nitrogen and oxygen atoms in total. The summed E-state index contributed by atoms with van der Waals surface area (Å²) >= 11 is 0. The lowest BCUT2D eigenvalue weighted by atomic mass is 10.2. The SMILES string of the molecule is Cc1ccc2nc(N)n(CCc3cnn(C)c3)c2c1. The standard InChI is InChI=1S/C14H17N5/c1-10-3-4-12-13(7-10)19(14(15)17-12)6-5-11-8-16-18(2)9-11/h3-4,7-9H,5-6H2,1-2H3,(H2,15,17). The van der Waals surface area contributed by atoms with Crippen LogP contribution in [0.25, 0.3) is 11.0 Å². The molecule has 0 fully saturated rings. The van der Waals surface area contributed by atoms with Gasteiger partial charge >= 0.3 is 0 Å². The summed E-state index contributed by atoms with van der Waals surface area (Å²) in [6, 6.07) is 6.20. The normalized spacial score (nSPS) is 11.3. The van der Waals surface area contributed by atoms with Crippen molar-refractivity contribution in [1.29, 1.82) is 0 Å². The highest BCUT2D eigenvalue weighted by Crippen LogP contribution is 2.19. The topological polar surface area (TPSA) is 61.7 Å². The zero-order valence-corrected chi connectivity index (χ0v) is 11.2. The summed E-state index contributed by atoms with van der Waals surface area (Å²) in [6.45, 7) is 2.89. The second-order valence-corrected chi connectivity index (χ2v) is 4.89. The molecular formula is C14H17N5. The number of rotatable bonds is 3. The van der Waals surface area contributed by atoms with E-state index in [1.807, 2.05) is 30.2 Å². The zero-order valence-electron chi connectivity index (χ0n) is 11.2. The summed E-state index contributed by atoms with van der Waals surface area (Å²) in [6.07, 6.45) is 4.82. The van der Waals surface area contributed by atoms with Crippen LogP contribution in [0.3, 0.4) is 0 Å². The Hall–Kier alpha value is -2.30. The number of nitrogen functional groups attached to an aromatic ring is 1. The molecule has 19 heavy (non-hydrogen) atoms. The van der Waals surface area contributed by atoms with E-state index < -0.39 is 0 Å². The van der Waals surface area contributed by atoms with Gasteiger partial charge in [0.25, 0.3) is 0 Å². The van der Waals surface area contributed by atoms with Crippen molar-refractivity contribution in [3.8, 4) is 0 Å². The van der Waals surface area contributed by atoms with E-state index in [0.29, 0.717) is 5.95 Å². The van der Waals surface area contributed by atoms with E-state index in [1.165, 1.54) is 11.1 Å². The third-order valence-corrected chi connectivity index (χ3v) is 3.32. The second-order valence-electron chi connectivity index (χ2n) is 4.89. The van der Waals surface area contributed by atoms with Gasteiger partial charge in [-0.25, -0.2) is 4.98 Å². The molecule has 5 heteroatoms. The van der Waals surface area contributed by atoms with Crippen LogP contribution in [0.4, 0.5) is 5.95 Å². The van der Waals surface area contributed by atoms with Gasteiger partial charge in [0.1, 0.15) is 0 Å². The predicted octanol–water partition coefficient (Wildman–Crippen LogP) is 1.90. The average molecular weight is 255 g/mol. The van der Waals surface area contributed by atoms with Crippen LogP contribution < -0.4 is 5.73 Å². The largest absolute Gasteiger partial charge is 0.369 e. The molecule has 98 valence electrons. The molecule has 0 spiro atoms. The Kier molecular flexibility index (Phi) is 2.74. The molecule has 0 bridgehead atoms. The number of hydrogen-bond acceptors (Lipinski definition) is 3. The molecule has 0 atom stereocenters. The first-order chi connectivity index (χ1) is 9.13. The van der Waals surface area contributed by atoms with Crippen molar-refractivity contribution in [2.24, 2.45) is 7.05 Å². The van der Waals surface area contributed by atoms with E-state index in [9.17, 15) is 0 Å². The van der Waals surface area contributed by atoms with Gasteiger partial charge in [0.05, 0.1) is 17.2 Å². The van der Waals surface area contributed by atoms with Crippen molar-refractivity contribution in [3.05, 3.63) is 41.7 Å². The monoisotopic (exact) mass is 255 g/mol. The molecule has 2 aromatic heterocycles. The number of hydrogen-bond donors (Lipinski definition) is 1. The predicted molar refractivity (Wildman–Crippen MR) is 75.8 cm³/mol. The van der Waals surface area contributed by atoms with Gasteiger partial charge in [0.2, 0.25) is 5.95 Å². The lowest BCUT2D eigenvalue weighted by Crippen LogP contribution is -2.05. The summed E-state index contributed by atoms with van der Waals surface area (Å²) in [4.78, 5) is 4.39. The first-order valence-corrected chi connectivity index (χ1v) is 6.33. The Labute approximate surface area is 111 Å². The quantitative estimate of drug-likeness (QED) is 0.777. The van der Waals surface area contributed by atoms with Crippen LogP contribution in [-0.4, -0.2) is 19.3 Å². The maximum absolute atomic E-state index is 6.00. The number of benzene rings is 1. The fourth-order valence-electron chi connectivity index (χ4n) is 2.33. The van der Waals surface area contributed by atoms with Gasteiger partial charge in [-0.1, -0.05) is 6.07 Å². The van der Waals surface area contributed by atoms with Crippen molar-refractivity contribution >= 4 is 17.0 Å². The van der Waals surface area contributed by atoms with Gasteiger partial charge in [-0.15, -0.1) is 0 Å². The maximum atomic E-state index is 6.00. The maximum Gasteiger partial charge on any atom is 0.201 e. The molecule has 0 aliphatic heterocycles. The average Bonchev–Trinajstić information content (AvgIpc) is 2.90. The highest BCUT2D eigenvalue weighted by molar-refractivity contribution is 5.79. The summed E-state index contributed by atoms with van der Waals surface area (Å²) in [5, 5.41) is 4.18. The van der Waals surface area contributed by atoms with Crippen LogP contribution in [0.1, 0.15) is 11.1 Å². The number of fused-ring (bicyclic) bond motifs is 1. The third-order valence-electron chi connectivity index (χ3n) is 3.32. The molecule has 0 radical (unpaired) electrons. The van der Waals surface area contributed by atoms with Crippen LogP contribution in [-0.2, 0) is 20.0 Å². The van der Waals surface area contributed by atoms with Crippen molar-refractivity contribution in [2.75, 3.05) is 5.73 Å². The zero-order chi connectivity index (χ0) is 13.4. The summed E-state index contributed by atoms with van der Waals surface area (Å²) in [7, 11) is 1.92. The number of aryl methyl sites for hydroxylation is 4. The van der Waals surface area contributed by atoms with E-state index in [0.717, 1.165) is 24.0 Å². The molecule has 1 aromatic carbocycles. The lowest BCUT2D eigenvalue weighted by molar-refractivity contribution is 0.723. The molecule has 3 rings (SSSR count). The first kappa shape index (κ1) is 11.8. The van der Waals surface area contributed by atoms with Gasteiger partial charge in [-0.3, -0.25) is 4.68 Å². The number of aromatic nitrogens is 4. The van der Waals surface area contributed by atoms with Crippen LogP contribution >= 0.6 is 0 Å². The van der Waals surface area contributed by atoms with Crippen molar-refractivity contribution in [1.82, 2.24) is 19.3 Å². The minimum atomic E-state index is 0.574. The molecule has 3 aromatic rings. The molecule has 0 aliphatic carbocycles. The highest BCUT2D eigenvalue weighted by Gasteiger charge is 2.08. The van der Waals surface area contributed by atoms with Crippen LogP contribution in [0, 0.1) is 6.92 Å². The lowest BCUT2D eigenvalue weighted by Gasteiger charge is -2.05. The Bertz CT molecular complexity index is 723. The molecule has 2 heterocycles. The third kappa shape index (κ3) is 2.19. The van der Waals surface area contributed by atoms with Crippen LogP contribution in [0.15, 0.2) is 30.6 Å². The van der Waals surface area contributed by atoms with E-state index in [2.05, 4.69) is 33.7 Å². The summed E-state index contributed by atoms with van der Waals surface area (Å²) < 4.78 is 3.88. The van der Waals surface area contributed by atoms with Gasteiger partial charge in [0, 0.05) is 19.8 Å². The molecular weight excluding hydrogens is 238 g/mol. The number of anilines is 1. The Morgan fingerprint density at radius 3 is 2.89 bits per heavy atom. The molecule has 0 saturated carbocycles. The number of imidazole rings is 1. The van der Waals surface area contributed by atoms with E-state index >= 15 is 0 Å². The molecule has 0 aliphatic rings. The van der Waals surface area contributed by atoms with E-state index in [-0.39, 0.29) is 0 Å². The van der Waals surface area contributed by atoms with Gasteiger partial charge in [0.15, 0.2) is 0 Å². The molecule has 0 saturated heterocycles. The first-order valence-electron chi connectivity index (χ1n) is 6.33. The molecule has 0 amide bonds. The van der Waals surface area contributed by atoms with Gasteiger partial charge in [-0.05, 0) is 36.6 Å². The van der Waals surface area contributed by atoms with Crippen LogP contribution in [0.5, 0.6) is 0 Å². The Morgan fingerprint density at radius 1 is 1.32 bits per heavy atom. The van der Waals surface area contributed by atoms with Crippen molar-refractivity contribution in [3.63, 3.8) is 0 Å². The van der Waals surface area contributed by atoms with E-state index in [1.54, 1.807) is 0 Å². The van der Waals surface area contributed by atoms with Gasteiger partial charge < -0.3 is 10.3 Å². The van der Waals surface area contributed by atoms with Crippen molar-refractivity contribution in [2.45, 2.75) is 19.9 Å². The molecule has 2 N–H and O–H groups in total. The smallest absolute Gasteiger partial charge is 0.201 e.